The Bertz CT molecular complexity index is 113. The van der Waals surface area contributed by atoms with E-state index in [1.165, 1.54) is 0 Å². The third-order valence-corrected chi connectivity index (χ3v) is 2.38. The lowest BCUT2D eigenvalue weighted by Gasteiger charge is -2.09. The first kappa shape index (κ1) is 8.77. The SMILES string of the molecule is OC[C@H]1O[C@@H]([B]I)C[C@H]1O. The molecular formula is C5H9BIO3. The molecule has 1 aliphatic heterocycles. The zero-order valence-electron chi connectivity index (χ0n) is 5.40. The van der Waals surface area contributed by atoms with Crippen LogP contribution < -0.4 is 0 Å². The van der Waals surface area contributed by atoms with Crippen molar-refractivity contribution < 1.29 is 14.9 Å². The highest BCUT2D eigenvalue weighted by molar-refractivity contribution is 14.1. The van der Waals surface area contributed by atoms with Gasteiger partial charge in [0.15, 0.2) is 0 Å². The first-order chi connectivity index (χ1) is 4.77. The summed E-state index contributed by atoms with van der Waals surface area (Å²) in [5.74, 6) is 0. The minimum absolute atomic E-state index is 0.00718. The summed E-state index contributed by atoms with van der Waals surface area (Å²) in [6, 6.07) is 0.00718. The van der Waals surface area contributed by atoms with Crippen molar-refractivity contribution in [1.29, 1.82) is 0 Å². The molecule has 1 aliphatic rings. The molecule has 0 aromatic carbocycles. The van der Waals surface area contributed by atoms with Crippen LogP contribution in [0.5, 0.6) is 0 Å². The van der Waals surface area contributed by atoms with Gasteiger partial charge < -0.3 is 14.9 Å². The second-order valence-corrected chi connectivity index (χ2v) is 3.04. The average Bonchev–Trinajstić information content (AvgIpc) is 2.30. The standard InChI is InChI=1S/C5H9BIO3/c7-6-5-1-3(9)4(2-8)10-5/h3-5,8-9H,1-2H2/t3-,4-,5-/m1/s1. The zero-order valence-corrected chi connectivity index (χ0v) is 7.56. The highest BCUT2D eigenvalue weighted by atomic mass is 127. The van der Waals surface area contributed by atoms with Gasteiger partial charge in [-0.25, -0.2) is 0 Å². The number of halogens is 1. The second kappa shape index (κ2) is 3.89. The lowest BCUT2D eigenvalue weighted by atomic mass is 9.96. The summed E-state index contributed by atoms with van der Waals surface area (Å²) in [5.41, 5.74) is 0. The fourth-order valence-corrected chi connectivity index (χ4v) is 1.47. The van der Waals surface area contributed by atoms with E-state index in [2.05, 4.69) is 22.4 Å². The van der Waals surface area contributed by atoms with Gasteiger partial charge in [-0.3, -0.25) is 0 Å². The molecule has 0 aromatic rings. The van der Waals surface area contributed by atoms with Crippen molar-refractivity contribution in [2.75, 3.05) is 6.61 Å². The van der Waals surface area contributed by atoms with Gasteiger partial charge in [0.2, 0.25) is 5.14 Å². The molecule has 5 heteroatoms. The number of aliphatic hydroxyl groups excluding tert-OH is 2. The molecule has 0 aliphatic carbocycles. The molecule has 0 aromatic heterocycles. The van der Waals surface area contributed by atoms with Crippen LogP contribution in [0, 0.1) is 0 Å². The van der Waals surface area contributed by atoms with E-state index in [4.69, 9.17) is 9.84 Å². The fraction of sp³-hybridized carbons (Fsp3) is 1.00. The molecule has 3 atom stereocenters. The second-order valence-electron chi connectivity index (χ2n) is 2.32. The summed E-state index contributed by atoms with van der Waals surface area (Å²) in [7, 11) is 0. The van der Waals surface area contributed by atoms with Crippen LogP contribution in [0.25, 0.3) is 0 Å². The molecule has 0 spiro atoms. The van der Waals surface area contributed by atoms with Crippen LogP contribution in [0.15, 0.2) is 0 Å². The van der Waals surface area contributed by atoms with E-state index in [0.717, 1.165) is 0 Å². The third kappa shape index (κ3) is 1.84. The molecule has 1 saturated heterocycles. The highest BCUT2D eigenvalue weighted by Gasteiger charge is 2.32. The molecule has 2 N–H and O–H groups in total. The van der Waals surface area contributed by atoms with Crippen molar-refractivity contribution in [2.45, 2.75) is 24.6 Å². The topological polar surface area (TPSA) is 49.7 Å². The van der Waals surface area contributed by atoms with Crippen molar-refractivity contribution in [3.8, 4) is 0 Å². The minimum atomic E-state index is -0.499. The summed E-state index contributed by atoms with van der Waals surface area (Å²) in [6.07, 6.45) is -0.272. The van der Waals surface area contributed by atoms with E-state index in [1.807, 2.05) is 5.14 Å². The lowest BCUT2D eigenvalue weighted by Crippen LogP contribution is -2.24. The Kier molecular flexibility index (Phi) is 3.41. The molecule has 0 bridgehead atoms. The number of ether oxygens (including phenoxy) is 1. The van der Waals surface area contributed by atoms with Crippen LogP contribution in [-0.4, -0.2) is 40.2 Å². The van der Waals surface area contributed by atoms with Crippen molar-refractivity contribution in [3.63, 3.8) is 0 Å². The lowest BCUT2D eigenvalue weighted by molar-refractivity contribution is -0.00418. The van der Waals surface area contributed by atoms with Gasteiger partial charge >= 0.3 is 0 Å². The number of hydrogen-bond donors (Lipinski definition) is 2. The molecule has 0 amide bonds. The Morgan fingerprint density at radius 2 is 2.40 bits per heavy atom. The molecule has 1 heterocycles. The minimum Gasteiger partial charge on any atom is -0.394 e. The monoisotopic (exact) mass is 255 g/mol. The summed E-state index contributed by atoms with van der Waals surface area (Å²) >= 11 is 2.08. The van der Waals surface area contributed by atoms with Gasteiger partial charge in [-0.15, -0.1) is 0 Å². The Morgan fingerprint density at radius 3 is 2.70 bits per heavy atom. The normalized spacial score (nSPS) is 40.1. The Labute approximate surface area is 73.9 Å². The van der Waals surface area contributed by atoms with Gasteiger partial charge in [-0.1, -0.05) is 0 Å². The Hall–Kier alpha value is 0.675. The van der Waals surface area contributed by atoms with Crippen molar-refractivity contribution >= 4 is 27.5 Å². The molecule has 1 radical (unpaired) electrons. The van der Waals surface area contributed by atoms with Crippen LogP contribution in [0.3, 0.4) is 0 Å². The summed E-state index contributed by atoms with van der Waals surface area (Å²) < 4.78 is 5.21. The first-order valence-electron chi connectivity index (χ1n) is 3.16. The maximum absolute atomic E-state index is 9.18. The summed E-state index contributed by atoms with van der Waals surface area (Å²) in [4.78, 5) is 0. The fourth-order valence-electron chi connectivity index (χ4n) is 1.01. The maximum atomic E-state index is 9.18. The molecule has 1 fully saturated rings. The maximum Gasteiger partial charge on any atom is 0.236 e. The number of hydrogen-bond acceptors (Lipinski definition) is 3. The van der Waals surface area contributed by atoms with E-state index < -0.39 is 6.10 Å². The van der Waals surface area contributed by atoms with Gasteiger partial charge in [0.05, 0.1) is 12.7 Å². The van der Waals surface area contributed by atoms with Gasteiger partial charge in [-0.2, -0.15) is 22.4 Å². The van der Waals surface area contributed by atoms with Crippen LogP contribution in [0.4, 0.5) is 0 Å². The largest absolute Gasteiger partial charge is 0.394 e. The predicted octanol–water partition coefficient (Wildman–Crippen LogP) is -0.491. The predicted molar refractivity (Wildman–Crippen MR) is 46.1 cm³/mol. The van der Waals surface area contributed by atoms with Crippen LogP contribution in [0.2, 0.25) is 0 Å². The molecule has 57 valence electrons. The first-order valence-corrected chi connectivity index (χ1v) is 4.40. The quantitative estimate of drug-likeness (QED) is 0.517. The zero-order chi connectivity index (χ0) is 7.56. The molecule has 3 nitrogen and oxygen atoms in total. The number of rotatable bonds is 2. The smallest absolute Gasteiger partial charge is 0.236 e. The Morgan fingerprint density at radius 1 is 1.70 bits per heavy atom. The molecule has 0 unspecified atom stereocenters. The molecule has 1 rings (SSSR count). The van der Waals surface area contributed by atoms with Gasteiger partial charge in [0.1, 0.15) is 6.10 Å². The Balaban J connectivity index is 2.36. The van der Waals surface area contributed by atoms with Crippen LogP contribution in [-0.2, 0) is 4.74 Å². The van der Waals surface area contributed by atoms with Crippen molar-refractivity contribution in [1.82, 2.24) is 0 Å². The van der Waals surface area contributed by atoms with Crippen LogP contribution in [0.1, 0.15) is 6.42 Å². The van der Waals surface area contributed by atoms with E-state index in [-0.39, 0.29) is 18.7 Å². The summed E-state index contributed by atoms with van der Waals surface area (Å²) in [6.45, 7) is -0.0951. The third-order valence-electron chi connectivity index (χ3n) is 1.57. The summed E-state index contributed by atoms with van der Waals surface area (Å²) in [5, 5.41) is 19.7. The van der Waals surface area contributed by atoms with E-state index in [9.17, 15) is 5.11 Å². The molecule has 0 saturated carbocycles. The van der Waals surface area contributed by atoms with E-state index in [0.29, 0.717) is 6.42 Å². The average molecular weight is 255 g/mol. The van der Waals surface area contributed by atoms with E-state index in [1.54, 1.807) is 0 Å². The molecule has 10 heavy (non-hydrogen) atoms. The van der Waals surface area contributed by atoms with Gasteiger partial charge in [0.25, 0.3) is 0 Å². The molecular weight excluding hydrogens is 246 g/mol. The van der Waals surface area contributed by atoms with Gasteiger partial charge in [-0.05, 0) is 6.42 Å². The van der Waals surface area contributed by atoms with Crippen LogP contribution >= 0.6 is 22.4 Å². The van der Waals surface area contributed by atoms with Crippen molar-refractivity contribution in [3.05, 3.63) is 0 Å². The highest BCUT2D eigenvalue weighted by Crippen LogP contribution is 2.20. The van der Waals surface area contributed by atoms with E-state index >= 15 is 0 Å². The van der Waals surface area contributed by atoms with Crippen molar-refractivity contribution in [2.24, 2.45) is 0 Å². The number of aliphatic hydroxyl groups is 2. The van der Waals surface area contributed by atoms with Gasteiger partial charge in [0, 0.05) is 6.00 Å².